The Morgan fingerprint density at radius 1 is 1.32 bits per heavy atom. The van der Waals surface area contributed by atoms with Crippen molar-refractivity contribution in [3.8, 4) is 0 Å². The molecule has 2 heteroatoms. The maximum atomic E-state index is 12.5. The third-order valence-corrected chi connectivity index (χ3v) is 7.03. The van der Waals surface area contributed by atoms with Crippen molar-refractivity contribution in [2.45, 2.75) is 46.0 Å². The van der Waals surface area contributed by atoms with E-state index in [9.17, 15) is 9.59 Å². The molecule has 4 rings (SSSR count). The van der Waals surface area contributed by atoms with Gasteiger partial charge in [-0.3, -0.25) is 9.59 Å². The Morgan fingerprint density at radius 3 is 2.91 bits per heavy atom. The van der Waals surface area contributed by atoms with Crippen LogP contribution in [0.4, 0.5) is 0 Å². The van der Waals surface area contributed by atoms with E-state index < -0.39 is 5.41 Å². The first kappa shape index (κ1) is 11.2. The van der Waals surface area contributed by atoms with Crippen LogP contribution in [0.2, 0.25) is 0 Å². The average Bonchev–Trinajstić information content (AvgIpc) is 2.86. The summed E-state index contributed by atoms with van der Waals surface area (Å²) < 4.78 is 24.2. The van der Waals surface area contributed by atoms with Crippen LogP contribution in [-0.4, -0.2) is 11.6 Å². The van der Waals surface area contributed by atoms with Gasteiger partial charge in [0.05, 0.1) is 4.11 Å². The Hall–Kier alpha value is -1.44. The summed E-state index contributed by atoms with van der Waals surface area (Å²) in [5.74, 6) is 0.818. The molecule has 0 heterocycles. The Bertz CT molecular complexity index is 774. The summed E-state index contributed by atoms with van der Waals surface area (Å²) in [6.45, 7) is 3.86. The Kier molecular flexibility index (Phi) is 2.18. The summed E-state index contributed by atoms with van der Waals surface area (Å²) in [6, 6.07) is -0.0497. The molecule has 0 aromatic rings. The van der Waals surface area contributed by atoms with E-state index in [0.29, 0.717) is 29.8 Å². The van der Waals surface area contributed by atoms with Crippen molar-refractivity contribution in [3.05, 3.63) is 35.9 Å². The number of hydrogen-bond acceptors (Lipinski definition) is 2. The molecule has 0 amide bonds. The van der Waals surface area contributed by atoms with Gasteiger partial charge < -0.3 is 0 Å². The number of rotatable bonds is 0. The average molecular weight is 300 g/mol. The zero-order chi connectivity index (χ0) is 18.1. The zero-order valence-electron chi connectivity index (χ0n) is 16.2. The molecular weight excluding hydrogens is 273 g/mol. The number of allylic oxidation sites excluding steroid dienone is 5. The van der Waals surface area contributed by atoms with Crippen molar-refractivity contribution in [1.82, 2.24) is 0 Å². The molecule has 0 bridgehead atoms. The third kappa shape index (κ3) is 1.61. The largest absolute Gasteiger partial charge is 0.299 e. The number of ketones is 2. The van der Waals surface area contributed by atoms with Crippen molar-refractivity contribution in [1.29, 1.82) is 0 Å². The number of Topliss-reactive ketones (excluding diaryl/α,β-unsaturated/α-hetero) is 1. The van der Waals surface area contributed by atoms with E-state index in [1.54, 1.807) is 0 Å². The van der Waals surface area contributed by atoms with Gasteiger partial charge in [-0.05, 0) is 61.1 Å². The van der Waals surface area contributed by atoms with Crippen molar-refractivity contribution in [2.75, 3.05) is 0 Å². The summed E-state index contributed by atoms with van der Waals surface area (Å²) in [6.07, 6.45) is 7.23. The summed E-state index contributed by atoms with van der Waals surface area (Å²) in [5, 5.41) is 0. The van der Waals surface area contributed by atoms with E-state index in [0.717, 1.165) is 19.3 Å². The molecule has 0 radical (unpaired) electrons. The second-order valence-corrected chi connectivity index (χ2v) is 7.96. The van der Waals surface area contributed by atoms with Gasteiger partial charge in [0.2, 0.25) is 0 Å². The quantitative estimate of drug-likeness (QED) is 0.633. The minimum Gasteiger partial charge on any atom is -0.299 e. The minimum atomic E-state index is -0.483. The van der Waals surface area contributed by atoms with Crippen LogP contribution >= 0.6 is 0 Å². The predicted molar refractivity (Wildman–Crippen MR) is 86.1 cm³/mol. The van der Waals surface area contributed by atoms with Crippen LogP contribution in [-0.2, 0) is 9.59 Å². The first-order valence-corrected chi connectivity index (χ1v) is 8.35. The fraction of sp³-hybridized carbons (Fsp3) is 0.600. The molecule has 0 aliphatic heterocycles. The normalized spacial score (nSPS) is 49.1. The van der Waals surface area contributed by atoms with Crippen LogP contribution in [0.5, 0.6) is 0 Å². The van der Waals surface area contributed by atoms with Crippen LogP contribution in [0.25, 0.3) is 0 Å². The second-order valence-electron chi connectivity index (χ2n) is 7.96. The maximum absolute atomic E-state index is 12.5. The molecule has 0 spiro atoms. The molecular formula is C20H24O2. The van der Waals surface area contributed by atoms with Crippen molar-refractivity contribution < 1.29 is 13.7 Å². The van der Waals surface area contributed by atoms with E-state index in [1.165, 1.54) is 6.08 Å². The Balaban J connectivity index is 1.87. The summed E-state index contributed by atoms with van der Waals surface area (Å²) in [5.41, 5.74) is 0.375. The highest BCUT2D eigenvalue weighted by molar-refractivity contribution is 6.02. The Morgan fingerprint density at radius 2 is 2.14 bits per heavy atom. The summed E-state index contributed by atoms with van der Waals surface area (Å²) >= 11 is 0. The molecule has 22 heavy (non-hydrogen) atoms. The van der Waals surface area contributed by atoms with E-state index in [1.807, 2.05) is 6.08 Å². The van der Waals surface area contributed by atoms with Gasteiger partial charge in [-0.25, -0.2) is 0 Å². The fourth-order valence-electron chi connectivity index (χ4n) is 5.77. The predicted octanol–water partition coefficient (Wildman–Crippen LogP) is 4.03. The number of fused-ring (bicyclic) bond motifs is 5. The second kappa shape index (κ2) is 4.31. The highest BCUT2D eigenvalue weighted by Crippen LogP contribution is 2.64. The van der Waals surface area contributed by atoms with Crippen molar-refractivity contribution >= 4 is 11.6 Å². The van der Waals surface area contributed by atoms with Gasteiger partial charge in [-0.2, -0.15) is 0 Å². The lowest BCUT2D eigenvalue weighted by Crippen LogP contribution is -2.50. The van der Waals surface area contributed by atoms with E-state index >= 15 is 0 Å². The molecule has 116 valence electrons. The monoisotopic (exact) mass is 300 g/mol. The SMILES string of the molecule is [2H]C1=C2C(=[13C]([2H])[2H])C[C@@H]3[C@H]4CCC(=O)[C@]4(C)CC[C@H]3[C@]2(C)C=CC1=O. The molecule has 0 aromatic heterocycles. The molecule has 0 saturated heterocycles. The van der Waals surface area contributed by atoms with Gasteiger partial charge in [0.15, 0.2) is 5.78 Å². The van der Waals surface area contributed by atoms with Gasteiger partial charge in [0.25, 0.3) is 0 Å². The van der Waals surface area contributed by atoms with Crippen molar-refractivity contribution in [3.63, 3.8) is 0 Å². The number of carbonyl (C=O) groups is 2. The molecule has 2 nitrogen and oxygen atoms in total. The maximum Gasteiger partial charge on any atom is 0.178 e. The van der Waals surface area contributed by atoms with Crippen molar-refractivity contribution in [2.24, 2.45) is 28.6 Å². The zero-order valence-corrected chi connectivity index (χ0v) is 13.2. The third-order valence-electron chi connectivity index (χ3n) is 7.03. The highest BCUT2D eigenvalue weighted by atomic mass is 16.1. The van der Waals surface area contributed by atoms with Crippen LogP contribution in [0.3, 0.4) is 0 Å². The molecule has 0 N–H and O–H groups in total. The van der Waals surface area contributed by atoms with Crippen LogP contribution in [0.15, 0.2) is 35.9 Å². The number of carbonyl (C=O) groups excluding carboxylic acids is 2. The molecule has 3 saturated carbocycles. The van der Waals surface area contributed by atoms with E-state index in [-0.39, 0.29) is 41.5 Å². The highest BCUT2D eigenvalue weighted by Gasteiger charge is 2.59. The fourth-order valence-corrected chi connectivity index (χ4v) is 5.77. The lowest BCUT2D eigenvalue weighted by Gasteiger charge is -2.56. The lowest BCUT2D eigenvalue weighted by molar-refractivity contribution is -0.131. The molecule has 3 fully saturated rings. The first-order valence-electron chi connectivity index (χ1n) is 9.85. The Labute approximate surface area is 136 Å². The van der Waals surface area contributed by atoms with Gasteiger partial charge in [-0.15, -0.1) is 0 Å². The molecule has 4 aliphatic rings. The topological polar surface area (TPSA) is 34.1 Å². The smallest absolute Gasteiger partial charge is 0.178 e. The number of hydrogen-bond donors (Lipinski definition) is 0. The van der Waals surface area contributed by atoms with Crippen LogP contribution in [0, 0.1) is 28.6 Å². The van der Waals surface area contributed by atoms with E-state index in [4.69, 9.17) is 4.11 Å². The van der Waals surface area contributed by atoms with Gasteiger partial charge >= 0.3 is 0 Å². The molecule has 4 aliphatic carbocycles. The van der Waals surface area contributed by atoms with Crippen LogP contribution in [0.1, 0.15) is 50.1 Å². The molecule has 5 atom stereocenters. The minimum absolute atomic E-state index is 0.0497. The van der Waals surface area contributed by atoms with Gasteiger partial charge in [0.1, 0.15) is 5.78 Å². The van der Waals surface area contributed by atoms with Gasteiger partial charge in [-0.1, -0.05) is 32.0 Å². The van der Waals surface area contributed by atoms with Gasteiger partial charge in [0, 0.05) is 17.3 Å². The van der Waals surface area contributed by atoms with Crippen LogP contribution < -0.4 is 0 Å². The molecule has 0 aromatic carbocycles. The lowest BCUT2D eigenvalue weighted by atomic mass is 9.48. The molecule has 0 unspecified atom stereocenters. The van der Waals surface area contributed by atoms with E-state index in [2.05, 4.69) is 13.8 Å². The summed E-state index contributed by atoms with van der Waals surface area (Å²) in [4.78, 5) is 24.6. The summed E-state index contributed by atoms with van der Waals surface area (Å²) in [7, 11) is 0. The standard InChI is InChI=1S/C20H24O2/c1-12-10-14-15-4-5-18(22)20(15,3)9-7-16(14)19(2)8-6-13(21)11-17(12)19/h6,8,11,14-16H,1,4-5,7,9-10H2,2-3H3/t14-,15-,16-,19+,20-/m1/s1/i1+1D2,11D. The first-order chi connectivity index (χ1) is 11.7.